The quantitative estimate of drug-likeness (QED) is 0.386. The van der Waals surface area contributed by atoms with Gasteiger partial charge in [0.15, 0.2) is 0 Å². The summed E-state index contributed by atoms with van der Waals surface area (Å²) >= 11 is 0. The van der Waals surface area contributed by atoms with E-state index in [9.17, 15) is 13.9 Å². The number of aliphatic hydroxyl groups is 2. The summed E-state index contributed by atoms with van der Waals surface area (Å²) in [6.07, 6.45) is 2.09. The van der Waals surface area contributed by atoms with Crippen molar-refractivity contribution in [1.29, 1.82) is 0 Å². The number of nitrogens with one attached hydrogen (secondary N) is 1. The van der Waals surface area contributed by atoms with E-state index in [1.54, 1.807) is 18.3 Å². The zero-order valence-electron chi connectivity index (χ0n) is 19.8. The minimum Gasteiger partial charge on any atom is -0.391 e. The van der Waals surface area contributed by atoms with Gasteiger partial charge in [0.25, 0.3) is 5.92 Å². The minimum absolute atomic E-state index is 0.234. The third kappa shape index (κ3) is 4.17. The molecule has 0 radical (unpaired) electrons. The molecule has 35 heavy (non-hydrogen) atoms. The molecule has 1 aliphatic heterocycles. The standard InChI is InChI=1S/C25H28F2N6O2/c1-14(16-5-4-6-17(9-16)25(26,27)13-34)29-24-19-10-21(33-8-7-18(35)12-33)23-20(11-28-32(23)3)22(19)30-15(2)31-24/h4-6,9-11,14,18,34-35H,7-8,12-13H2,1-3H3,(H,29,30,31)/t14-,18+/m1/s1. The number of hydrogen-bond acceptors (Lipinski definition) is 7. The first-order valence-corrected chi connectivity index (χ1v) is 11.6. The van der Waals surface area contributed by atoms with Gasteiger partial charge in [-0.3, -0.25) is 4.68 Å². The van der Waals surface area contributed by atoms with Crippen molar-refractivity contribution in [3.8, 4) is 0 Å². The van der Waals surface area contributed by atoms with E-state index in [0.29, 0.717) is 30.2 Å². The molecular weight excluding hydrogens is 454 g/mol. The first kappa shape index (κ1) is 23.4. The summed E-state index contributed by atoms with van der Waals surface area (Å²) < 4.78 is 29.9. The van der Waals surface area contributed by atoms with Crippen LogP contribution in [0.3, 0.4) is 0 Å². The lowest BCUT2D eigenvalue weighted by molar-refractivity contribution is -0.0556. The Balaban J connectivity index is 1.61. The highest BCUT2D eigenvalue weighted by Crippen LogP contribution is 2.38. The molecule has 184 valence electrons. The average molecular weight is 483 g/mol. The fourth-order valence-electron chi connectivity index (χ4n) is 4.77. The van der Waals surface area contributed by atoms with Crippen molar-refractivity contribution in [3.05, 3.63) is 53.5 Å². The second-order valence-corrected chi connectivity index (χ2v) is 9.18. The van der Waals surface area contributed by atoms with Gasteiger partial charge in [-0.1, -0.05) is 18.2 Å². The molecule has 0 aliphatic carbocycles. The van der Waals surface area contributed by atoms with Gasteiger partial charge in [0, 0.05) is 42.5 Å². The maximum Gasteiger partial charge on any atom is 0.295 e. The maximum absolute atomic E-state index is 14.1. The number of hydrogen-bond donors (Lipinski definition) is 3. The Labute approximate surface area is 201 Å². The summed E-state index contributed by atoms with van der Waals surface area (Å²) in [6, 6.07) is 7.71. The molecule has 0 bridgehead atoms. The van der Waals surface area contributed by atoms with Crippen LogP contribution in [0.15, 0.2) is 36.5 Å². The van der Waals surface area contributed by atoms with Gasteiger partial charge in [0.1, 0.15) is 18.2 Å². The molecule has 0 spiro atoms. The van der Waals surface area contributed by atoms with E-state index < -0.39 is 12.5 Å². The first-order valence-electron chi connectivity index (χ1n) is 11.6. The number of anilines is 2. The zero-order chi connectivity index (χ0) is 24.9. The van der Waals surface area contributed by atoms with Gasteiger partial charge in [0.2, 0.25) is 0 Å². The third-order valence-corrected chi connectivity index (χ3v) is 6.64. The Morgan fingerprint density at radius 2 is 2.03 bits per heavy atom. The number of aliphatic hydroxyl groups excluding tert-OH is 2. The smallest absolute Gasteiger partial charge is 0.295 e. The van der Waals surface area contributed by atoms with E-state index in [2.05, 4.69) is 20.3 Å². The number of benzene rings is 2. The van der Waals surface area contributed by atoms with Crippen LogP contribution in [-0.2, 0) is 13.0 Å². The van der Waals surface area contributed by atoms with E-state index >= 15 is 0 Å². The lowest BCUT2D eigenvalue weighted by Gasteiger charge is -2.22. The van der Waals surface area contributed by atoms with Crippen LogP contribution in [0.1, 0.15) is 36.3 Å². The molecule has 0 unspecified atom stereocenters. The van der Waals surface area contributed by atoms with Gasteiger partial charge in [-0.15, -0.1) is 0 Å². The van der Waals surface area contributed by atoms with Crippen molar-refractivity contribution in [2.24, 2.45) is 7.05 Å². The third-order valence-electron chi connectivity index (χ3n) is 6.64. The normalized spacial score (nSPS) is 17.5. The second-order valence-electron chi connectivity index (χ2n) is 9.18. The van der Waals surface area contributed by atoms with Gasteiger partial charge in [0.05, 0.1) is 29.0 Å². The van der Waals surface area contributed by atoms with Crippen molar-refractivity contribution in [1.82, 2.24) is 19.7 Å². The topological polar surface area (TPSA) is 99.3 Å². The molecule has 5 rings (SSSR count). The summed E-state index contributed by atoms with van der Waals surface area (Å²) in [5, 5.41) is 28.7. The average Bonchev–Trinajstić information content (AvgIpc) is 3.45. The molecule has 2 aromatic carbocycles. The summed E-state index contributed by atoms with van der Waals surface area (Å²) in [6.45, 7) is 3.70. The molecule has 10 heteroatoms. The number of rotatable bonds is 6. The van der Waals surface area contributed by atoms with Crippen LogP contribution < -0.4 is 10.2 Å². The van der Waals surface area contributed by atoms with E-state index in [4.69, 9.17) is 10.1 Å². The number of aryl methyl sites for hydroxylation is 2. The van der Waals surface area contributed by atoms with Crippen molar-refractivity contribution >= 4 is 33.3 Å². The maximum atomic E-state index is 14.1. The monoisotopic (exact) mass is 482 g/mol. The molecule has 3 N–H and O–H groups in total. The SMILES string of the molecule is Cc1nc(N[C@H](C)c2cccc(C(F)(F)CO)c2)c2cc(N3CC[C@H](O)C3)c3c(cnn3C)c2n1. The number of alkyl halides is 2. The molecule has 1 saturated heterocycles. The van der Waals surface area contributed by atoms with Crippen molar-refractivity contribution in [2.75, 3.05) is 29.9 Å². The van der Waals surface area contributed by atoms with Crippen molar-refractivity contribution in [3.63, 3.8) is 0 Å². The molecule has 3 heterocycles. The Hall–Kier alpha value is -3.37. The van der Waals surface area contributed by atoms with Crippen molar-refractivity contribution < 1.29 is 19.0 Å². The highest BCUT2D eigenvalue weighted by atomic mass is 19.3. The number of nitrogens with zero attached hydrogens (tertiary/aromatic N) is 5. The molecule has 4 aromatic rings. The lowest BCUT2D eigenvalue weighted by atomic mass is 10.0. The van der Waals surface area contributed by atoms with Gasteiger partial charge in [-0.2, -0.15) is 13.9 Å². The largest absolute Gasteiger partial charge is 0.391 e. The predicted molar refractivity (Wildman–Crippen MR) is 131 cm³/mol. The molecule has 1 fully saturated rings. The fourth-order valence-corrected chi connectivity index (χ4v) is 4.77. The number of halogens is 2. The molecule has 2 aromatic heterocycles. The van der Waals surface area contributed by atoms with Gasteiger partial charge >= 0.3 is 0 Å². The van der Waals surface area contributed by atoms with Crippen molar-refractivity contribution in [2.45, 2.75) is 38.3 Å². The fraction of sp³-hybridized carbons (Fsp3) is 0.400. The lowest BCUT2D eigenvalue weighted by Crippen LogP contribution is -2.22. The second kappa shape index (κ2) is 8.69. The van der Waals surface area contributed by atoms with Crippen LogP contribution in [0.25, 0.3) is 21.8 Å². The van der Waals surface area contributed by atoms with E-state index in [1.807, 2.05) is 31.6 Å². The van der Waals surface area contributed by atoms with Crippen LogP contribution in [-0.4, -0.2) is 55.8 Å². The number of aromatic nitrogens is 4. The van der Waals surface area contributed by atoms with Crippen LogP contribution >= 0.6 is 0 Å². The zero-order valence-corrected chi connectivity index (χ0v) is 19.8. The van der Waals surface area contributed by atoms with Crippen LogP contribution in [0, 0.1) is 6.92 Å². The molecule has 0 saturated carbocycles. The molecule has 0 amide bonds. The summed E-state index contributed by atoms with van der Waals surface area (Å²) in [7, 11) is 1.88. The van der Waals surface area contributed by atoms with Gasteiger partial charge in [-0.05, 0) is 38.0 Å². The highest BCUT2D eigenvalue weighted by molar-refractivity contribution is 6.12. The van der Waals surface area contributed by atoms with E-state index in [0.717, 1.165) is 34.0 Å². The number of fused-ring (bicyclic) bond motifs is 3. The Morgan fingerprint density at radius 3 is 2.74 bits per heavy atom. The first-order chi connectivity index (χ1) is 16.7. The van der Waals surface area contributed by atoms with Crippen LogP contribution in [0.2, 0.25) is 0 Å². The predicted octanol–water partition coefficient (Wildman–Crippen LogP) is 3.65. The summed E-state index contributed by atoms with van der Waals surface area (Å²) in [5.41, 5.74) is 3.03. The Kier molecular flexibility index (Phi) is 5.80. The van der Waals surface area contributed by atoms with Crippen LogP contribution in [0.4, 0.5) is 20.3 Å². The highest BCUT2D eigenvalue weighted by Gasteiger charge is 2.31. The molecular formula is C25H28F2N6O2. The Bertz CT molecular complexity index is 1410. The number of β-amino-alcohol motifs (C(OH)–C–C–N with tert-alkyl or cyclic N) is 1. The molecule has 1 aliphatic rings. The Morgan fingerprint density at radius 1 is 1.23 bits per heavy atom. The van der Waals surface area contributed by atoms with E-state index in [1.165, 1.54) is 12.1 Å². The van der Waals surface area contributed by atoms with E-state index in [-0.39, 0.29) is 17.7 Å². The van der Waals surface area contributed by atoms with Crippen LogP contribution in [0.5, 0.6) is 0 Å². The van der Waals surface area contributed by atoms with Gasteiger partial charge < -0.3 is 20.4 Å². The van der Waals surface area contributed by atoms with Gasteiger partial charge in [-0.25, -0.2) is 9.97 Å². The minimum atomic E-state index is -3.31. The molecule has 2 atom stereocenters. The molecule has 8 nitrogen and oxygen atoms in total. The summed E-state index contributed by atoms with van der Waals surface area (Å²) in [4.78, 5) is 11.5. The summed E-state index contributed by atoms with van der Waals surface area (Å²) in [5.74, 6) is -2.15.